The van der Waals surface area contributed by atoms with Gasteiger partial charge in [0, 0.05) is 6.20 Å². The second-order valence-corrected chi connectivity index (χ2v) is 5.88. The molecular formula is C15H10ClFN4O2S. The van der Waals surface area contributed by atoms with Gasteiger partial charge in [0.25, 0.3) is 11.1 Å². The van der Waals surface area contributed by atoms with Gasteiger partial charge in [-0.15, -0.1) is 10.2 Å². The molecule has 0 aliphatic carbocycles. The lowest BCUT2D eigenvalue weighted by Gasteiger charge is -2.06. The molecule has 0 aliphatic rings. The molecule has 0 fully saturated rings. The zero-order valence-electron chi connectivity index (χ0n) is 12.1. The number of pyridine rings is 1. The van der Waals surface area contributed by atoms with Gasteiger partial charge in [0.15, 0.2) is 0 Å². The molecule has 0 spiro atoms. The quantitative estimate of drug-likeness (QED) is 0.696. The van der Waals surface area contributed by atoms with Crippen LogP contribution in [-0.2, 0) is 4.79 Å². The van der Waals surface area contributed by atoms with E-state index < -0.39 is 5.82 Å². The number of thioether (sulfide) groups is 1. The molecule has 1 N–H and O–H groups in total. The van der Waals surface area contributed by atoms with Crippen molar-refractivity contribution in [3.8, 4) is 11.6 Å². The maximum absolute atomic E-state index is 13.0. The van der Waals surface area contributed by atoms with E-state index in [4.69, 9.17) is 16.0 Å². The van der Waals surface area contributed by atoms with Crippen molar-refractivity contribution in [1.82, 2.24) is 15.2 Å². The molecule has 0 saturated carbocycles. The minimum atomic E-state index is -0.472. The summed E-state index contributed by atoms with van der Waals surface area (Å²) < 4.78 is 18.4. The Morgan fingerprint density at radius 1 is 1.29 bits per heavy atom. The van der Waals surface area contributed by atoms with Crippen molar-refractivity contribution in [3.05, 3.63) is 53.4 Å². The van der Waals surface area contributed by atoms with E-state index in [2.05, 4.69) is 20.5 Å². The standard InChI is InChI=1S/C15H10ClFN4O2S/c16-10-7-9(17)4-5-11(10)19-13(22)8-24-15-21-20-14(23-15)12-3-1-2-6-18-12/h1-7H,8H2,(H,19,22). The van der Waals surface area contributed by atoms with Crippen molar-refractivity contribution in [2.75, 3.05) is 11.1 Å². The second kappa shape index (κ2) is 7.41. The minimum Gasteiger partial charge on any atom is -0.410 e. The van der Waals surface area contributed by atoms with E-state index in [1.54, 1.807) is 24.4 Å². The van der Waals surface area contributed by atoms with Crippen LogP contribution in [0, 0.1) is 5.82 Å². The van der Waals surface area contributed by atoms with Crippen LogP contribution in [0.2, 0.25) is 5.02 Å². The molecule has 3 rings (SSSR count). The van der Waals surface area contributed by atoms with Crippen LogP contribution >= 0.6 is 23.4 Å². The first-order chi connectivity index (χ1) is 11.6. The van der Waals surface area contributed by atoms with Gasteiger partial charge in [0.05, 0.1) is 16.5 Å². The first-order valence-electron chi connectivity index (χ1n) is 6.74. The number of nitrogens with zero attached hydrogens (tertiary/aromatic N) is 3. The van der Waals surface area contributed by atoms with Crippen molar-refractivity contribution in [1.29, 1.82) is 0 Å². The lowest BCUT2D eigenvalue weighted by Crippen LogP contribution is -2.14. The maximum atomic E-state index is 13.0. The number of halogens is 2. The molecule has 0 bridgehead atoms. The maximum Gasteiger partial charge on any atom is 0.277 e. The molecule has 6 nitrogen and oxygen atoms in total. The van der Waals surface area contributed by atoms with Crippen LogP contribution in [0.5, 0.6) is 0 Å². The highest BCUT2D eigenvalue weighted by Gasteiger charge is 2.12. The zero-order chi connectivity index (χ0) is 16.9. The Bertz CT molecular complexity index is 860. The molecule has 0 radical (unpaired) electrons. The molecule has 9 heteroatoms. The first kappa shape index (κ1) is 16.4. The normalized spacial score (nSPS) is 10.6. The van der Waals surface area contributed by atoms with Crippen LogP contribution in [0.15, 0.2) is 52.2 Å². The van der Waals surface area contributed by atoms with Crippen molar-refractivity contribution in [2.45, 2.75) is 5.22 Å². The van der Waals surface area contributed by atoms with Gasteiger partial charge < -0.3 is 9.73 Å². The highest BCUT2D eigenvalue weighted by molar-refractivity contribution is 7.99. The molecular weight excluding hydrogens is 355 g/mol. The third-order valence-electron chi connectivity index (χ3n) is 2.82. The fourth-order valence-corrected chi connectivity index (χ4v) is 2.54. The third kappa shape index (κ3) is 4.09. The zero-order valence-corrected chi connectivity index (χ0v) is 13.6. The van der Waals surface area contributed by atoms with Crippen molar-refractivity contribution < 1.29 is 13.6 Å². The fraction of sp³-hybridized carbons (Fsp3) is 0.0667. The van der Waals surface area contributed by atoms with Crippen molar-refractivity contribution >= 4 is 35.0 Å². The third-order valence-corrected chi connectivity index (χ3v) is 3.95. The van der Waals surface area contributed by atoms with Gasteiger partial charge in [-0.05, 0) is 30.3 Å². The van der Waals surface area contributed by atoms with Crippen LogP contribution in [0.4, 0.5) is 10.1 Å². The Hall–Kier alpha value is -2.45. The van der Waals surface area contributed by atoms with E-state index in [1.165, 1.54) is 12.1 Å². The Kier molecular flexibility index (Phi) is 5.07. The van der Waals surface area contributed by atoms with Gasteiger partial charge in [-0.2, -0.15) is 0 Å². The molecule has 0 saturated heterocycles. The molecule has 0 aliphatic heterocycles. The molecule has 0 atom stereocenters. The summed E-state index contributed by atoms with van der Waals surface area (Å²) in [6.45, 7) is 0. The molecule has 2 aromatic heterocycles. The summed E-state index contributed by atoms with van der Waals surface area (Å²) in [6.07, 6.45) is 1.62. The number of rotatable bonds is 5. The van der Waals surface area contributed by atoms with Crippen LogP contribution in [0.3, 0.4) is 0 Å². The molecule has 24 heavy (non-hydrogen) atoms. The highest BCUT2D eigenvalue weighted by Crippen LogP contribution is 2.24. The van der Waals surface area contributed by atoms with Crippen LogP contribution in [0.25, 0.3) is 11.6 Å². The van der Waals surface area contributed by atoms with Gasteiger partial charge in [-0.3, -0.25) is 9.78 Å². The van der Waals surface area contributed by atoms with Gasteiger partial charge in [0.1, 0.15) is 11.5 Å². The Labute approximate surface area is 145 Å². The van der Waals surface area contributed by atoms with Gasteiger partial charge in [0.2, 0.25) is 5.91 Å². The number of aromatic nitrogens is 3. The van der Waals surface area contributed by atoms with Gasteiger partial charge in [-0.25, -0.2) is 4.39 Å². The SMILES string of the molecule is O=C(CSc1nnc(-c2ccccn2)o1)Nc1ccc(F)cc1Cl. The highest BCUT2D eigenvalue weighted by atomic mass is 35.5. The van der Waals surface area contributed by atoms with E-state index in [0.717, 1.165) is 17.8 Å². The molecule has 2 heterocycles. The lowest BCUT2D eigenvalue weighted by molar-refractivity contribution is -0.113. The van der Waals surface area contributed by atoms with Gasteiger partial charge >= 0.3 is 0 Å². The topological polar surface area (TPSA) is 80.9 Å². The second-order valence-electron chi connectivity index (χ2n) is 4.55. The van der Waals surface area contributed by atoms with E-state index in [9.17, 15) is 9.18 Å². The van der Waals surface area contributed by atoms with E-state index in [1.807, 2.05) is 0 Å². The van der Waals surface area contributed by atoms with Gasteiger partial charge in [-0.1, -0.05) is 29.4 Å². The summed E-state index contributed by atoms with van der Waals surface area (Å²) in [7, 11) is 0. The smallest absolute Gasteiger partial charge is 0.277 e. The number of hydrogen-bond acceptors (Lipinski definition) is 6. The summed E-state index contributed by atoms with van der Waals surface area (Å²) in [5.41, 5.74) is 0.891. The van der Waals surface area contributed by atoms with E-state index in [0.29, 0.717) is 11.4 Å². The Morgan fingerprint density at radius 2 is 2.17 bits per heavy atom. The molecule has 0 unspecified atom stereocenters. The monoisotopic (exact) mass is 364 g/mol. The van der Waals surface area contributed by atoms with Crippen LogP contribution < -0.4 is 5.32 Å². The molecule has 122 valence electrons. The summed E-state index contributed by atoms with van der Waals surface area (Å²) in [5.74, 6) is -0.483. The predicted molar refractivity (Wildman–Crippen MR) is 88.3 cm³/mol. The summed E-state index contributed by atoms with van der Waals surface area (Å²) >= 11 is 6.93. The molecule has 3 aromatic rings. The predicted octanol–water partition coefficient (Wildman–Crippen LogP) is 3.65. The fourth-order valence-electron chi connectivity index (χ4n) is 1.77. The number of carbonyl (C=O) groups excluding carboxylic acids is 1. The van der Waals surface area contributed by atoms with E-state index >= 15 is 0 Å². The number of carbonyl (C=O) groups is 1. The number of anilines is 1. The number of amides is 1. The molecule has 1 aromatic carbocycles. The summed E-state index contributed by atoms with van der Waals surface area (Å²) in [5, 5.41) is 10.7. The van der Waals surface area contributed by atoms with Crippen LogP contribution in [-0.4, -0.2) is 26.8 Å². The number of benzene rings is 1. The number of hydrogen-bond donors (Lipinski definition) is 1. The van der Waals surface area contributed by atoms with Crippen LogP contribution in [0.1, 0.15) is 0 Å². The lowest BCUT2D eigenvalue weighted by atomic mass is 10.3. The average Bonchev–Trinajstić information content (AvgIpc) is 3.05. The van der Waals surface area contributed by atoms with E-state index in [-0.39, 0.29) is 27.8 Å². The summed E-state index contributed by atoms with van der Waals surface area (Å²) in [4.78, 5) is 16.0. The Morgan fingerprint density at radius 3 is 2.92 bits per heavy atom. The Balaban J connectivity index is 1.58. The minimum absolute atomic E-state index is 0.0392. The first-order valence-corrected chi connectivity index (χ1v) is 8.11. The summed E-state index contributed by atoms with van der Waals surface area (Å²) in [6, 6.07) is 9.06. The van der Waals surface area contributed by atoms with Crippen molar-refractivity contribution in [2.24, 2.45) is 0 Å². The van der Waals surface area contributed by atoms with Crippen molar-refractivity contribution in [3.63, 3.8) is 0 Å². The molecule has 1 amide bonds. The average molecular weight is 365 g/mol. The number of nitrogens with one attached hydrogen (secondary N) is 1. The largest absolute Gasteiger partial charge is 0.410 e.